The lowest BCUT2D eigenvalue weighted by atomic mass is 9.90. The van der Waals surface area contributed by atoms with Gasteiger partial charge in [0.15, 0.2) is 23.3 Å². The maximum Gasteiger partial charge on any atom is 0.244 e. The number of anilines is 1. The van der Waals surface area contributed by atoms with Gasteiger partial charge < -0.3 is 31.3 Å². The second-order valence-corrected chi connectivity index (χ2v) is 13.3. The van der Waals surface area contributed by atoms with Gasteiger partial charge in [0, 0.05) is 51.2 Å². The largest absolute Gasteiger partial charge is 0.450 e. The van der Waals surface area contributed by atoms with Gasteiger partial charge in [0.05, 0.1) is 11.9 Å². The Hall–Kier alpha value is -3.94. The number of aliphatic imine (C=N–C) groups is 2. The third-order valence-corrected chi connectivity index (χ3v) is 10.5. The summed E-state index contributed by atoms with van der Waals surface area (Å²) in [7, 11) is -3.53. The maximum absolute atomic E-state index is 13.0. The van der Waals surface area contributed by atoms with E-state index in [2.05, 4.69) is 43.8 Å². The highest BCUT2D eigenvalue weighted by atomic mass is 32.2. The number of likely N-dealkylation sites (tertiary alicyclic amines) is 1. The zero-order valence-electron chi connectivity index (χ0n) is 24.2. The molecule has 4 aliphatic heterocycles. The first-order valence-electron chi connectivity index (χ1n) is 14.8. The van der Waals surface area contributed by atoms with Crippen molar-refractivity contribution in [3.8, 4) is 5.75 Å². The van der Waals surface area contributed by atoms with Crippen molar-refractivity contribution >= 4 is 27.5 Å². The van der Waals surface area contributed by atoms with Crippen molar-refractivity contribution in [2.24, 2.45) is 21.5 Å². The van der Waals surface area contributed by atoms with Gasteiger partial charge in [-0.15, -0.1) is 0 Å². The Bertz CT molecular complexity index is 1540. The minimum atomic E-state index is -3.53. The van der Waals surface area contributed by atoms with E-state index < -0.39 is 10.0 Å². The Morgan fingerprint density at radius 3 is 2.63 bits per heavy atom. The maximum atomic E-state index is 13.0. The van der Waals surface area contributed by atoms with E-state index in [0.29, 0.717) is 43.1 Å². The topological polar surface area (TPSA) is 155 Å². The van der Waals surface area contributed by atoms with Gasteiger partial charge in [0.1, 0.15) is 10.7 Å². The number of guanidine groups is 1. The second-order valence-electron chi connectivity index (χ2n) is 11.4. The van der Waals surface area contributed by atoms with Gasteiger partial charge in [0.25, 0.3) is 0 Å². The highest BCUT2D eigenvalue weighted by Gasteiger charge is 2.33. The monoisotopic (exact) mass is 605 g/mol. The van der Waals surface area contributed by atoms with Crippen LogP contribution in [0.1, 0.15) is 43.6 Å². The van der Waals surface area contributed by atoms with Crippen LogP contribution < -0.4 is 21.5 Å². The van der Waals surface area contributed by atoms with Gasteiger partial charge in [0.2, 0.25) is 10.0 Å². The van der Waals surface area contributed by atoms with Crippen LogP contribution in [0.25, 0.3) is 0 Å². The van der Waals surface area contributed by atoms with Gasteiger partial charge >= 0.3 is 0 Å². The van der Waals surface area contributed by atoms with Gasteiger partial charge in [-0.2, -0.15) is 4.31 Å². The lowest BCUT2D eigenvalue weighted by molar-refractivity contribution is 0.155. The van der Waals surface area contributed by atoms with Crippen LogP contribution in [0.5, 0.6) is 5.75 Å². The smallest absolute Gasteiger partial charge is 0.244 e. The molecule has 0 amide bonds. The third kappa shape index (κ3) is 6.38. The number of aromatic nitrogens is 1. The van der Waals surface area contributed by atoms with Gasteiger partial charge in [-0.1, -0.05) is 12.6 Å². The van der Waals surface area contributed by atoms with Crippen LogP contribution in [0.2, 0.25) is 0 Å². The fraction of sp³-hybridized carbons (Fsp3) is 0.433. The number of nitrogens with one attached hydrogen (secondary N) is 1. The lowest BCUT2D eigenvalue weighted by Crippen LogP contribution is -2.44. The molecule has 0 aliphatic carbocycles. The minimum Gasteiger partial charge on any atom is -0.450 e. The van der Waals surface area contributed by atoms with Crippen molar-refractivity contribution in [3.63, 3.8) is 0 Å². The Balaban J connectivity index is 1.06. The molecular formula is C30H39N9O3S. The molecule has 2 aromatic rings. The molecule has 228 valence electrons. The second kappa shape index (κ2) is 12.3. The van der Waals surface area contributed by atoms with E-state index in [1.54, 1.807) is 22.6 Å². The normalized spacial score (nSPS) is 20.3. The molecule has 13 heteroatoms. The van der Waals surface area contributed by atoms with Crippen LogP contribution in [-0.2, 0) is 10.0 Å². The molecule has 0 unspecified atom stereocenters. The van der Waals surface area contributed by atoms with E-state index in [9.17, 15) is 8.42 Å². The number of nitrogens with two attached hydrogens (primary N) is 2. The molecule has 4 aliphatic rings. The summed E-state index contributed by atoms with van der Waals surface area (Å²) in [5, 5.41) is 3.45. The van der Waals surface area contributed by atoms with Crippen LogP contribution >= 0.6 is 0 Å². The molecule has 2 fully saturated rings. The summed E-state index contributed by atoms with van der Waals surface area (Å²) < 4.78 is 33.9. The number of sulfonamides is 1. The number of fused-ring (bicyclic) bond motifs is 2. The molecule has 6 rings (SSSR count). The summed E-state index contributed by atoms with van der Waals surface area (Å²) in [6, 6.07) is 9.72. The van der Waals surface area contributed by atoms with Crippen LogP contribution in [0.3, 0.4) is 0 Å². The number of hydrogen-bond donors (Lipinski definition) is 3. The fourth-order valence-corrected chi connectivity index (χ4v) is 7.65. The number of benzene rings is 1. The Kier molecular flexibility index (Phi) is 8.37. The van der Waals surface area contributed by atoms with Crippen molar-refractivity contribution < 1.29 is 13.2 Å². The van der Waals surface area contributed by atoms with E-state index in [0.717, 1.165) is 68.7 Å². The number of ether oxygens (including phenoxy) is 1. The molecule has 5 heterocycles. The summed E-state index contributed by atoms with van der Waals surface area (Å²) in [6.07, 6.45) is 9.44. The summed E-state index contributed by atoms with van der Waals surface area (Å²) in [4.78, 5) is 17.6. The predicted octanol–water partition coefficient (Wildman–Crippen LogP) is 2.61. The first-order chi connectivity index (χ1) is 20.8. The number of pyridine rings is 1. The summed E-state index contributed by atoms with van der Waals surface area (Å²) in [5.41, 5.74) is 12.8. The predicted molar refractivity (Wildman–Crippen MR) is 167 cm³/mol. The molecule has 1 aromatic carbocycles. The highest BCUT2D eigenvalue weighted by molar-refractivity contribution is 7.89. The number of piperidine rings is 2. The number of rotatable bonds is 8. The molecular weight excluding hydrogens is 566 g/mol. The van der Waals surface area contributed by atoms with Crippen molar-refractivity contribution in [3.05, 3.63) is 72.6 Å². The molecule has 2 saturated heterocycles. The first kappa shape index (κ1) is 29.1. The van der Waals surface area contributed by atoms with Crippen LogP contribution in [0.15, 0.2) is 82.0 Å². The quantitative estimate of drug-likeness (QED) is 0.234. The lowest BCUT2D eigenvalue weighted by Gasteiger charge is -2.40. The Labute approximate surface area is 252 Å². The number of nitrogens with zero attached hydrogens (tertiary/aromatic N) is 6. The summed E-state index contributed by atoms with van der Waals surface area (Å²) in [6.45, 7) is 8.79. The highest BCUT2D eigenvalue weighted by Crippen LogP contribution is 2.39. The molecule has 0 atom stereocenters. The van der Waals surface area contributed by atoms with Crippen molar-refractivity contribution in [2.45, 2.75) is 49.0 Å². The van der Waals surface area contributed by atoms with Crippen molar-refractivity contribution in [1.82, 2.24) is 19.1 Å². The standard InChI is InChI=1S/C30H39N9O3S/c1-21-35-29-28(20-39(21)24-9-14-37(15-10-24)13-3-12-34-30(31)32)42-27-6-5-23(18-26(27)36-29)22-7-16-38(17-8-22)43(40,41)25-4-2-11-33-19-25/h2,4-6,11,18-20,22,24H,1,3,7-10,12-17H2,(H,35,36)(H4,31,32,34). The Morgan fingerprint density at radius 1 is 1.12 bits per heavy atom. The molecule has 0 radical (unpaired) electrons. The number of hydrogen-bond acceptors (Lipinski definition) is 9. The molecule has 1 aromatic heterocycles. The van der Waals surface area contributed by atoms with Gasteiger partial charge in [-0.25, -0.2) is 13.4 Å². The first-order valence-corrected chi connectivity index (χ1v) is 16.3. The van der Waals surface area contributed by atoms with E-state index in [-0.39, 0.29) is 16.8 Å². The zero-order valence-corrected chi connectivity index (χ0v) is 25.0. The van der Waals surface area contributed by atoms with Crippen LogP contribution in [-0.4, -0.2) is 84.6 Å². The third-order valence-electron chi connectivity index (χ3n) is 8.58. The van der Waals surface area contributed by atoms with Gasteiger partial charge in [-0.3, -0.25) is 9.98 Å². The van der Waals surface area contributed by atoms with Crippen molar-refractivity contribution in [1.29, 1.82) is 0 Å². The summed E-state index contributed by atoms with van der Waals surface area (Å²) in [5.74, 6) is 3.17. The average Bonchev–Trinajstić information content (AvgIpc) is 3.02. The summed E-state index contributed by atoms with van der Waals surface area (Å²) >= 11 is 0. The zero-order chi connectivity index (χ0) is 30.0. The SMILES string of the molecule is C=C1N=C2Nc3cc(C4CCN(S(=O)(=O)c5cccnc5)CC4)ccc3OC2=CN1C1CCN(CCCN=C(N)N)CC1. The molecule has 0 spiro atoms. The molecule has 12 nitrogen and oxygen atoms in total. The van der Waals surface area contributed by atoms with Crippen LogP contribution in [0, 0.1) is 0 Å². The number of amidine groups is 1. The van der Waals surface area contributed by atoms with Gasteiger partial charge in [-0.05, 0) is 74.4 Å². The van der Waals surface area contributed by atoms with Crippen LogP contribution in [0.4, 0.5) is 5.69 Å². The van der Waals surface area contributed by atoms with Crippen molar-refractivity contribution in [2.75, 3.05) is 44.6 Å². The fourth-order valence-electron chi connectivity index (χ4n) is 6.22. The van der Waals surface area contributed by atoms with E-state index >= 15 is 0 Å². The molecule has 5 N–H and O–H groups in total. The van der Waals surface area contributed by atoms with E-state index in [4.69, 9.17) is 21.2 Å². The average molecular weight is 606 g/mol. The molecule has 0 bridgehead atoms. The molecule has 0 saturated carbocycles. The van der Waals surface area contributed by atoms with E-state index in [1.165, 1.54) is 6.20 Å². The van der Waals surface area contributed by atoms with E-state index in [1.807, 2.05) is 12.3 Å². The molecule has 43 heavy (non-hydrogen) atoms. The minimum absolute atomic E-state index is 0.144. The Morgan fingerprint density at radius 2 is 1.91 bits per heavy atom.